The molecule has 1 N–H and O–H groups in total. The summed E-state index contributed by atoms with van der Waals surface area (Å²) in [6.07, 6.45) is 0. The molecule has 0 aliphatic heterocycles. The molecule has 0 saturated carbocycles. The number of aryl methyl sites for hydroxylation is 3. The van der Waals surface area contributed by atoms with Crippen molar-refractivity contribution in [2.24, 2.45) is 0 Å². The SMILES string of the molecule is CCN(CC)c1cc(C)nc(Nc2cc(C)ccc2C)n1. The second kappa shape index (κ2) is 6.57. The molecule has 0 fully saturated rings. The van der Waals surface area contributed by atoms with Crippen LogP contribution in [0.2, 0.25) is 0 Å². The largest absolute Gasteiger partial charge is 0.357 e. The van der Waals surface area contributed by atoms with Gasteiger partial charge in [0, 0.05) is 30.5 Å². The molecule has 4 heteroatoms. The van der Waals surface area contributed by atoms with Crippen molar-refractivity contribution in [3.63, 3.8) is 0 Å². The molecule has 0 unspecified atom stereocenters. The van der Waals surface area contributed by atoms with Crippen molar-refractivity contribution in [2.75, 3.05) is 23.3 Å². The van der Waals surface area contributed by atoms with Crippen LogP contribution in [-0.4, -0.2) is 23.1 Å². The van der Waals surface area contributed by atoms with Gasteiger partial charge in [-0.25, -0.2) is 4.98 Å². The van der Waals surface area contributed by atoms with E-state index in [4.69, 9.17) is 0 Å². The number of benzene rings is 1. The molecule has 2 rings (SSSR count). The van der Waals surface area contributed by atoms with Crippen molar-refractivity contribution in [1.82, 2.24) is 9.97 Å². The summed E-state index contributed by atoms with van der Waals surface area (Å²) in [6, 6.07) is 8.37. The van der Waals surface area contributed by atoms with Crippen molar-refractivity contribution in [1.29, 1.82) is 0 Å². The van der Waals surface area contributed by atoms with E-state index >= 15 is 0 Å². The number of rotatable bonds is 5. The smallest absolute Gasteiger partial charge is 0.229 e. The third kappa shape index (κ3) is 3.72. The fourth-order valence-electron chi connectivity index (χ4n) is 2.31. The Bertz CT molecular complexity index is 618. The Morgan fingerprint density at radius 1 is 1.00 bits per heavy atom. The Labute approximate surface area is 127 Å². The first-order valence-electron chi connectivity index (χ1n) is 7.48. The van der Waals surface area contributed by atoms with E-state index in [2.05, 4.69) is 66.1 Å². The summed E-state index contributed by atoms with van der Waals surface area (Å²) in [6.45, 7) is 12.3. The monoisotopic (exact) mass is 284 g/mol. The van der Waals surface area contributed by atoms with Crippen LogP contribution in [0.4, 0.5) is 17.5 Å². The number of anilines is 3. The first kappa shape index (κ1) is 15.3. The molecule has 0 aliphatic carbocycles. The molecular formula is C17H24N4. The molecule has 0 atom stereocenters. The van der Waals surface area contributed by atoms with Gasteiger partial charge in [0.05, 0.1) is 0 Å². The first-order chi connectivity index (χ1) is 10.0. The Hall–Kier alpha value is -2.10. The number of hydrogen-bond acceptors (Lipinski definition) is 4. The minimum absolute atomic E-state index is 0.658. The lowest BCUT2D eigenvalue weighted by molar-refractivity contribution is 0.840. The van der Waals surface area contributed by atoms with Crippen molar-refractivity contribution in [3.8, 4) is 0 Å². The quantitative estimate of drug-likeness (QED) is 0.901. The Kier molecular flexibility index (Phi) is 4.78. The van der Waals surface area contributed by atoms with Gasteiger partial charge in [-0.3, -0.25) is 0 Å². The Balaban J connectivity index is 2.34. The van der Waals surface area contributed by atoms with Gasteiger partial charge in [-0.15, -0.1) is 0 Å². The highest BCUT2D eigenvalue weighted by Crippen LogP contribution is 2.22. The maximum Gasteiger partial charge on any atom is 0.229 e. The molecule has 0 bridgehead atoms. The maximum absolute atomic E-state index is 4.65. The van der Waals surface area contributed by atoms with Crippen molar-refractivity contribution in [2.45, 2.75) is 34.6 Å². The van der Waals surface area contributed by atoms with Gasteiger partial charge in [0.1, 0.15) is 5.82 Å². The normalized spacial score (nSPS) is 10.5. The van der Waals surface area contributed by atoms with Gasteiger partial charge in [0.15, 0.2) is 0 Å². The van der Waals surface area contributed by atoms with E-state index in [1.165, 1.54) is 11.1 Å². The van der Waals surface area contributed by atoms with Crippen LogP contribution in [0, 0.1) is 20.8 Å². The van der Waals surface area contributed by atoms with Crippen LogP contribution in [0.3, 0.4) is 0 Å². The average molecular weight is 284 g/mol. The van der Waals surface area contributed by atoms with Crippen LogP contribution in [0.5, 0.6) is 0 Å². The lowest BCUT2D eigenvalue weighted by atomic mass is 10.1. The predicted octanol–water partition coefficient (Wildman–Crippen LogP) is 3.99. The highest BCUT2D eigenvalue weighted by Gasteiger charge is 2.08. The summed E-state index contributed by atoms with van der Waals surface area (Å²) in [5.74, 6) is 1.63. The van der Waals surface area contributed by atoms with Crippen LogP contribution in [0.25, 0.3) is 0 Å². The fraction of sp³-hybridized carbons (Fsp3) is 0.412. The third-order valence-corrected chi connectivity index (χ3v) is 3.57. The lowest BCUT2D eigenvalue weighted by Crippen LogP contribution is -2.23. The zero-order valence-corrected chi connectivity index (χ0v) is 13.6. The highest BCUT2D eigenvalue weighted by molar-refractivity contribution is 5.60. The molecule has 0 aliphatic rings. The van der Waals surface area contributed by atoms with Crippen LogP contribution < -0.4 is 10.2 Å². The molecule has 1 heterocycles. The van der Waals surface area contributed by atoms with Crippen LogP contribution in [0.15, 0.2) is 24.3 Å². The average Bonchev–Trinajstić information content (AvgIpc) is 2.44. The van der Waals surface area contributed by atoms with Crippen molar-refractivity contribution < 1.29 is 0 Å². The van der Waals surface area contributed by atoms with Gasteiger partial charge in [-0.1, -0.05) is 12.1 Å². The van der Waals surface area contributed by atoms with E-state index in [1.54, 1.807) is 0 Å². The number of nitrogens with zero attached hydrogens (tertiary/aromatic N) is 3. The van der Waals surface area contributed by atoms with Crippen molar-refractivity contribution in [3.05, 3.63) is 41.1 Å². The van der Waals surface area contributed by atoms with E-state index in [-0.39, 0.29) is 0 Å². The van der Waals surface area contributed by atoms with E-state index in [1.807, 2.05) is 13.0 Å². The number of hydrogen-bond donors (Lipinski definition) is 1. The fourth-order valence-corrected chi connectivity index (χ4v) is 2.31. The lowest BCUT2D eigenvalue weighted by Gasteiger charge is -2.21. The molecular weight excluding hydrogens is 260 g/mol. The Morgan fingerprint density at radius 3 is 2.38 bits per heavy atom. The topological polar surface area (TPSA) is 41.1 Å². The minimum atomic E-state index is 0.658. The summed E-state index contributed by atoms with van der Waals surface area (Å²) < 4.78 is 0. The van der Waals surface area contributed by atoms with E-state index in [0.717, 1.165) is 30.3 Å². The zero-order valence-electron chi connectivity index (χ0n) is 13.6. The summed E-state index contributed by atoms with van der Waals surface area (Å²) in [5, 5.41) is 3.35. The van der Waals surface area contributed by atoms with E-state index in [9.17, 15) is 0 Å². The summed E-state index contributed by atoms with van der Waals surface area (Å²) in [5.41, 5.74) is 4.45. The summed E-state index contributed by atoms with van der Waals surface area (Å²) in [4.78, 5) is 11.4. The number of nitrogens with one attached hydrogen (secondary N) is 1. The van der Waals surface area contributed by atoms with Crippen LogP contribution in [0.1, 0.15) is 30.7 Å². The molecule has 1 aromatic carbocycles. The van der Waals surface area contributed by atoms with Crippen LogP contribution >= 0.6 is 0 Å². The molecule has 0 amide bonds. The molecule has 4 nitrogen and oxygen atoms in total. The molecule has 0 saturated heterocycles. The van der Waals surface area contributed by atoms with Gasteiger partial charge in [-0.2, -0.15) is 4.98 Å². The summed E-state index contributed by atoms with van der Waals surface area (Å²) >= 11 is 0. The highest BCUT2D eigenvalue weighted by atomic mass is 15.2. The van der Waals surface area contributed by atoms with E-state index in [0.29, 0.717) is 5.95 Å². The van der Waals surface area contributed by atoms with E-state index < -0.39 is 0 Å². The molecule has 1 aromatic heterocycles. The minimum Gasteiger partial charge on any atom is -0.357 e. The second-order valence-corrected chi connectivity index (χ2v) is 5.31. The summed E-state index contributed by atoms with van der Waals surface area (Å²) in [7, 11) is 0. The van der Waals surface area contributed by atoms with Gasteiger partial charge >= 0.3 is 0 Å². The first-order valence-corrected chi connectivity index (χ1v) is 7.48. The van der Waals surface area contributed by atoms with Crippen molar-refractivity contribution >= 4 is 17.5 Å². The molecule has 2 aromatic rings. The molecule has 0 radical (unpaired) electrons. The van der Waals surface area contributed by atoms with Gasteiger partial charge in [0.2, 0.25) is 5.95 Å². The number of aromatic nitrogens is 2. The van der Waals surface area contributed by atoms with Gasteiger partial charge in [0.25, 0.3) is 0 Å². The predicted molar refractivity (Wildman–Crippen MR) is 89.5 cm³/mol. The zero-order chi connectivity index (χ0) is 15.4. The van der Waals surface area contributed by atoms with Crippen LogP contribution in [-0.2, 0) is 0 Å². The second-order valence-electron chi connectivity index (χ2n) is 5.31. The molecule has 112 valence electrons. The standard InChI is InChI=1S/C17H24N4/c1-6-21(7-2)16-11-14(5)18-17(20-16)19-15-10-12(3)8-9-13(15)4/h8-11H,6-7H2,1-5H3,(H,18,19,20). The van der Waals surface area contributed by atoms with Gasteiger partial charge < -0.3 is 10.2 Å². The maximum atomic E-state index is 4.65. The Morgan fingerprint density at radius 2 is 1.71 bits per heavy atom. The third-order valence-electron chi connectivity index (χ3n) is 3.57. The van der Waals surface area contributed by atoms with Gasteiger partial charge in [-0.05, 0) is 51.8 Å². The molecule has 21 heavy (non-hydrogen) atoms. The molecule has 0 spiro atoms.